The van der Waals surface area contributed by atoms with Crippen LogP contribution >= 0.6 is 34.5 Å². The van der Waals surface area contributed by atoms with Gasteiger partial charge < -0.3 is 19.3 Å². The van der Waals surface area contributed by atoms with Crippen molar-refractivity contribution in [1.29, 1.82) is 0 Å². The Hall–Kier alpha value is -4.65. The molecule has 2 aromatic heterocycles. The van der Waals surface area contributed by atoms with Crippen molar-refractivity contribution < 1.29 is 38.8 Å². The van der Waals surface area contributed by atoms with Crippen LogP contribution in [0.25, 0.3) is 0 Å². The summed E-state index contributed by atoms with van der Waals surface area (Å²) in [5, 5.41) is 24.3. The number of ether oxygens (including phenoxy) is 3. The van der Waals surface area contributed by atoms with E-state index < -0.39 is 17.9 Å². The monoisotopic (exact) mass is 790 g/mol. The standard InChI is InChI=1S/C41H41Cl2N3O7S/c1-51-36-14-13-28(19-37(36)52-2)31(21-33-34(42)24-46(50)25-35(33)43)32-20-30(54-39(32)40(47)48)22-44-38(27-11-7-4-8-12-27)41(49)53-29-15-17-45(18-16-29)23-26-9-5-3-6-10-26/h3-14,19-20,24-25,29,31,38,44H,15-18,21-23H2,1-2H3,(H-,47,48,50)/p+1/t31-,38?/m0/s1. The fraction of sp³-hybridized carbons (Fsp3) is 0.293. The van der Waals surface area contributed by atoms with Gasteiger partial charge in [0.05, 0.1) is 14.2 Å². The van der Waals surface area contributed by atoms with E-state index in [9.17, 15) is 19.9 Å². The van der Waals surface area contributed by atoms with Crippen LogP contribution in [-0.4, -0.2) is 60.6 Å². The molecule has 0 amide bonds. The highest BCUT2D eigenvalue weighted by Crippen LogP contribution is 2.41. The number of hydrogen-bond donors (Lipinski definition) is 3. The minimum absolute atomic E-state index is 0.132. The SMILES string of the molecule is COc1ccc([C@H](Cc2c(Cl)c[n+](O)cc2Cl)c2cc(CNC(C(=O)OC3CCN(Cc4ccccc4)CC3)c3ccccc3)sc2C(=O)O)cc1OC. The van der Waals surface area contributed by atoms with Crippen LogP contribution in [0.1, 0.15) is 67.2 Å². The number of halogens is 2. The highest BCUT2D eigenvalue weighted by molar-refractivity contribution is 7.14. The first-order valence-electron chi connectivity index (χ1n) is 17.5. The molecule has 13 heteroatoms. The number of piperidine rings is 1. The largest absolute Gasteiger partial charge is 0.493 e. The Labute approximate surface area is 328 Å². The van der Waals surface area contributed by atoms with Crippen LogP contribution in [0, 0.1) is 0 Å². The molecule has 0 bridgehead atoms. The zero-order valence-electron chi connectivity index (χ0n) is 29.9. The molecule has 0 spiro atoms. The number of carbonyl (C=O) groups is 2. The zero-order chi connectivity index (χ0) is 38.2. The van der Waals surface area contributed by atoms with Gasteiger partial charge in [0.15, 0.2) is 11.5 Å². The normalized spacial score (nSPS) is 14.7. The highest BCUT2D eigenvalue weighted by atomic mass is 35.5. The second kappa shape index (κ2) is 18.1. The lowest BCUT2D eigenvalue weighted by atomic mass is 9.85. The quantitative estimate of drug-likeness (QED) is 0.0557. The number of nitrogens with zero attached hydrogens (tertiary/aromatic N) is 2. The number of hydrogen-bond acceptors (Lipinski definition) is 9. The van der Waals surface area contributed by atoms with Gasteiger partial charge in [0.2, 0.25) is 12.4 Å². The molecule has 1 fully saturated rings. The number of aromatic carboxylic acids is 1. The Balaban J connectivity index is 1.24. The van der Waals surface area contributed by atoms with Crippen molar-refractivity contribution in [3.05, 3.63) is 145 Å². The summed E-state index contributed by atoms with van der Waals surface area (Å²) >= 11 is 14.3. The molecule has 282 valence electrons. The Kier molecular flexibility index (Phi) is 13.1. The summed E-state index contributed by atoms with van der Waals surface area (Å²) < 4.78 is 17.9. The summed E-state index contributed by atoms with van der Waals surface area (Å²) in [5.41, 5.74) is 3.80. The van der Waals surface area contributed by atoms with Gasteiger partial charge in [-0.25, -0.2) is 9.59 Å². The van der Waals surface area contributed by atoms with Crippen LogP contribution in [0.15, 0.2) is 97.3 Å². The van der Waals surface area contributed by atoms with Gasteiger partial charge in [-0.15, -0.1) is 11.3 Å². The van der Waals surface area contributed by atoms with E-state index in [0.29, 0.717) is 27.5 Å². The van der Waals surface area contributed by atoms with E-state index in [-0.39, 0.29) is 40.0 Å². The first kappa shape index (κ1) is 39.1. The molecule has 6 rings (SSSR count). The number of esters is 1. The first-order valence-corrected chi connectivity index (χ1v) is 19.1. The maximum Gasteiger partial charge on any atom is 0.346 e. The summed E-state index contributed by atoms with van der Waals surface area (Å²) in [7, 11) is 3.07. The van der Waals surface area contributed by atoms with Crippen molar-refractivity contribution in [3.8, 4) is 11.5 Å². The lowest BCUT2D eigenvalue weighted by Crippen LogP contribution is -2.39. The van der Waals surface area contributed by atoms with Gasteiger partial charge in [0.1, 0.15) is 27.1 Å². The Morgan fingerprint density at radius 1 is 0.907 bits per heavy atom. The number of carbonyl (C=O) groups excluding carboxylic acids is 1. The minimum atomic E-state index is -1.09. The number of benzene rings is 3. The topological polar surface area (TPSA) is 121 Å². The maximum absolute atomic E-state index is 13.8. The first-order chi connectivity index (χ1) is 26.1. The summed E-state index contributed by atoms with van der Waals surface area (Å²) in [6.45, 7) is 2.71. The van der Waals surface area contributed by atoms with Gasteiger partial charge in [0.25, 0.3) is 0 Å². The van der Waals surface area contributed by atoms with Gasteiger partial charge >= 0.3 is 11.9 Å². The summed E-state index contributed by atoms with van der Waals surface area (Å²) in [6.07, 6.45) is 4.13. The molecule has 1 aliphatic heterocycles. The van der Waals surface area contributed by atoms with E-state index >= 15 is 0 Å². The van der Waals surface area contributed by atoms with E-state index in [1.165, 1.54) is 32.2 Å². The smallest absolute Gasteiger partial charge is 0.346 e. The molecule has 5 aromatic rings. The lowest BCUT2D eigenvalue weighted by Gasteiger charge is -2.32. The Bertz CT molecular complexity index is 2030. The van der Waals surface area contributed by atoms with E-state index in [1.807, 2.05) is 60.7 Å². The summed E-state index contributed by atoms with van der Waals surface area (Å²) in [6, 6.07) is 26.2. The predicted octanol–water partition coefficient (Wildman–Crippen LogP) is 7.71. The maximum atomic E-state index is 13.8. The molecule has 1 aliphatic rings. The van der Waals surface area contributed by atoms with E-state index in [4.69, 9.17) is 37.4 Å². The number of nitrogens with one attached hydrogen (secondary N) is 1. The van der Waals surface area contributed by atoms with Crippen molar-refractivity contribution in [2.45, 2.75) is 50.4 Å². The second-order valence-electron chi connectivity index (χ2n) is 13.1. The Morgan fingerprint density at radius 3 is 2.19 bits per heavy atom. The molecule has 1 saturated heterocycles. The fourth-order valence-corrected chi connectivity index (χ4v) is 8.45. The minimum Gasteiger partial charge on any atom is -0.493 e. The van der Waals surface area contributed by atoms with Crippen LogP contribution < -0.4 is 19.5 Å². The summed E-state index contributed by atoms with van der Waals surface area (Å²) in [5.74, 6) is -1.03. The molecule has 0 saturated carbocycles. The predicted molar refractivity (Wildman–Crippen MR) is 207 cm³/mol. The van der Waals surface area contributed by atoms with E-state index in [1.54, 1.807) is 12.1 Å². The van der Waals surface area contributed by atoms with Crippen LogP contribution in [0.2, 0.25) is 10.0 Å². The second-order valence-corrected chi connectivity index (χ2v) is 15.1. The molecule has 3 aromatic carbocycles. The number of rotatable bonds is 15. The third-order valence-corrected chi connectivity index (χ3v) is 11.4. The van der Waals surface area contributed by atoms with Gasteiger partial charge in [-0.1, -0.05) is 89.9 Å². The van der Waals surface area contributed by atoms with Crippen molar-refractivity contribution in [2.75, 3.05) is 27.3 Å². The average Bonchev–Trinajstić information content (AvgIpc) is 3.60. The lowest BCUT2D eigenvalue weighted by molar-refractivity contribution is -0.904. The van der Waals surface area contributed by atoms with Crippen molar-refractivity contribution >= 4 is 46.5 Å². The number of methoxy groups -OCH3 is 2. The highest BCUT2D eigenvalue weighted by Gasteiger charge is 2.31. The molecule has 1 unspecified atom stereocenters. The van der Waals surface area contributed by atoms with Crippen LogP contribution in [0.3, 0.4) is 0 Å². The van der Waals surface area contributed by atoms with Crippen molar-refractivity contribution in [1.82, 2.24) is 10.2 Å². The van der Waals surface area contributed by atoms with Gasteiger partial charge in [0, 0.05) is 47.3 Å². The van der Waals surface area contributed by atoms with Crippen molar-refractivity contribution in [3.63, 3.8) is 0 Å². The number of pyridine rings is 1. The summed E-state index contributed by atoms with van der Waals surface area (Å²) in [4.78, 5) is 29.9. The number of carboxylic acid groups (broad SMARTS) is 1. The van der Waals surface area contributed by atoms with Crippen LogP contribution in [0.4, 0.5) is 0 Å². The number of aromatic nitrogens is 1. The fourth-order valence-electron chi connectivity index (χ4n) is 6.83. The van der Waals surface area contributed by atoms with Crippen LogP contribution in [-0.2, 0) is 29.0 Å². The molecular weight excluding hydrogens is 749 g/mol. The molecule has 10 nitrogen and oxygen atoms in total. The molecule has 2 atom stereocenters. The number of carboxylic acids is 1. The van der Waals surface area contributed by atoms with Gasteiger partial charge in [-0.2, -0.15) is 0 Å². The molecule has 54 heavy (non-hydrogen) atoms. The number of thiophene rings is 1. The van der Waals surface area contributed by atoms with Crippen LogP contribution in [0.5, 0.6) is 11.5 Å². The molecular formula is C41H42Cl2N3O7S+. The average molecular weight is 792 g/mol. The van der Waals surface area contributed by atoms with Crippen molar-refractivity contribution in [2.24, 2.45) is 0 Å². The molecule has 0 aliphatic carbocycles. The third-order valence-electron chi connectivity index (χ3n) is 9.58. The molecule has 0 radical (unpaired) electrons. The third kappa shape index (κ3) is 9.52. The van der Waals surface area contributed by atoms with Gasteiger partial charge in [-0.05, 0) is 59.7 Å². The molecule has 3 N–H and O–H groups in total. The van der Waals surface area contributed by atoms with Gasteiger partial charge in [-0.3, -0.25) is 15.4 Å². The van der Waals surface area contributed by atoms with E-state index in [2.05, 4.69) is 22.3 Å². The molecule has 3 heterocycles. The Morgan fingerprint density at radius 2 is 1.56 bits per heavy atom. The number of likely N-dealkylation sites (tertiary alicyclic amines) is 1. The van der Waals surface area contributed by atoms with E-state index in [0.717, 1.165) is 59.7 Å². The zero-order valence-corrected chi connectivity index (χ0v) is 32.2.